The van der Waals surface area contributed by atoms with Gasteiger partial charge in [0, 0.05) is 32.7 Å². The van der Waals surface area contributed by atoms with Crippen molar-refractivity contribution in [3.8, 4) is 0 Å². The van der Waals surface area contributed by atoms with Crippen LogP contribution < -0.4 is 5.32 Å². The van der Waals surface area contributed by atoms with Gasteiger partial charge in [-0.15, -0.1) is 0 Å². The van der Waals surface area contributed by atoms with Crippen molar-refractivity contribution in [3.05, 3.63) is 23.8 Å². The lowest BCUT2D eigenvalue weighted by molar-refractivity contribution is 0.202. The van der Waals surface area contributed by atoms with Crippen LogP contribution in [0.25, 0.3) is 11.0 Å². The maximum Gasteiger partial charge on any atom is 0.317 e. The number of nitrogens with zero attached hydrogens (tertiary/aromatic N) is 4. The highest BCUT2D eigenvalue weighted by Crippen LogP contribution is 2.15. The molecule has 1 N–H and O–H groups in total. The molecule has 0 bridgehead atoms. The van der Waals surface area contributed by atoms with Gasteiger partial charge in [0.2, 0.25) is 0 Å². The van der Waals surface area contributed by atoms with Gasteiger partial charge in [0.1, 0.15) is 11.0 Å². The maximum absolute atomic E-state index is 12.3. The van der Waals surface area contributed by atoms with Crippen LogP contribution in [0.2, 0.25) is 0 Å². The summed E-state index contributed by atoms with van der Waals surface area (Å²) in [5.41, 5.74) is 2.87. The third-order valence-corrected chi connectivity index (χ3v) is 4.69. The number of likely N-dealkylation sites (N-methyl/N-ethyl adjacent to an activating group) is 1. The van der Waals surface area contributed by atoms with Crippen LogP contribution in [0, 0.1) is 0 Å². The molecule has 0 spiro atoms. The Morgan fingerprint density at radius 3 is 3.05 bits per heavy atom. The number of aromatic nitrogens is 2. The molecule has 2 heterocycles. The Morgan fingerprint density at radius 1 is 1.45 bits per heavy atom. The Hall–Kier alpha value is -1.73. The number of carbonyl (C=O) groups is 1. The van der Waals surface area contributed by atoms with Gasteiger partial charge in [-0.2, -0.15) is 8.75 Å². The highest BCUT2D eigenvalue weighted by atomic mass is 32.1. The molecule has 0 unspecified atom stereocenters. The SMILES string of the molecule is CCN1CC[C@H](NC(=O)N(C)Cc2ccc3nsnc3c2)C1. The van der Waals surface area contributed by atoms with Gasteiger partial charge in [-0.25, -0.2) is 4.79 Å². The molecule has 1 saturated heterocycles. The molecule has 118 valence electrons. The van der Waals surface area contributed by atoms with Crippen molar-refractivity contribution in [2.24, 2.45) is 0 Å². The number of hydrogen-bond donors (Lipinski definition) is 1. The molecule has 1 fully saturated rings. The van der Waals surface area contributed by atoms with E-state index in [1.165, 1.54) is 11.7 Å². The lowest BCUT2D eigenvalue weighted by Gasteiger charge is -2.21. The van der Waals surface area contributed by atoms with Gasteiger partial charge >= 0.3 is 6.03 Å². The van der Waals surface area contributed by atoms with E-state index in [-0.39, 0.29) is 12.1 Å². The third kappa shape index (κ3) is 3.36. The molecule has 1 aromatic heterocycles. The van der Waals surface area contributed by atoms with Gasteiger partial charge in [-0.05, 0) is 30.7 Å². The van der Waals surface area contributed by atoms with E-state index in [9.17, 15) is 4.79 Å². The zero-order valence-electron chi connectivity index (χ0n) is 13.0. The minimum Gasteiger partial charge on any atom is -0.334 e. The fourth-order valence-corrected chi connectivity index (χ4v) is 3.31. The summed E-state index contributed by atoms with van der Waals surface area (Å²) >= 11 is 1.21. The normalized spacial score (nSPS) is 18.7. The first-order valence-corrected chi connectivity index (χ1v) is 8.34. The van der Waals surface area contributed by atoms with Crippen LogP contribution in [-0.4, -0.2) is 57.3 Å². The molecule has 0 aliphatic carbocycles. The first-order valence-electron chi connectivity index (χ1n) is 7.61. The molecular weight excluding hydrogens is 298 g/mol. The van der Waals surface area contributed by atoms with Gasteiger partial charge in [0.05, 0.1) is 11.7 Å². The molecule has 1 aliphatic heterocycles. The molecule has 0 radical (unpaired) electrons. The summed E-state index contributed by atoms with van der Waals surface area (Å²) in [5.74, 6) is 0. The predicted molar refractivity (Wildman–Crippen MR) is 87.9 cm³/mol. The fraction of sp³-hybridized carbons (Fsp3) is 0.533. The van der Waals surface area contributed by atoms with Gasteiger partial charge in [0.25, 0.3) is 0 Å². The summed E-state index contributed by atoms with van der Waals surface area (Å²) in [5, 5.41) is 3.11. The lowest BCUT2D eigenvalue weighted by atomic mass is 10.2. The molecular formula is C15H21N5OS. The Balaban J connectivity index is 1.56. The summed E-state index contributed by atoms with van der Waals surface area (Å²) < 4.78 is 8.43. The standard InChI is InChI=1S/C15H21N5OS/c1-3-20-7-6-12(10-20)16-15(21)19(2)9-11-4-5-13-14(8-11)18-22-17-13/h4-5,8,12H,3,6-7,9-10H2,1-2H3,(H,16,21)/t12-/m0/s1. The van der Waals surface area contributed by atoms with E-state index < -0.39 is 0 Å². The molecule has 6 nitrogen and oxygen atoms in total. The van der Waals surface area contributed by atoms with Gasteiger partial charge in [-0.3, -0.25) is 0 Å². The maximum atomic E-state index is 12.3. The summed E-state index contributed by atoms with van der Waals surface area (Å²) in [6.45, 7) is 5.79. The number of hydrogen-bond acceptors (Lipinski definition) is 5. The van der Waals surface area contributed by atoms with Crippen LogP contribution in [0.15, 0.2) is 18.2 Å². The second kappa shape index (κ2) is 6.58. The smallest absolute Gasteiger partial charge is 0.317 e. The van der Waals surface area contributed by atoms with E-state index in [0.29, 0.717) is 6.54 Å². The van der Waals surface area contributed by atoms with E-state index in [1.807, 2.05) is 25.2 Å². The molecule has 3 rings (SSSR count). The van der Waals surface area contributed by atoms with Crippen molar-refractivity contribution in [1.29, 1.82) is 0 Å². The first kappa shape index (κ1) is 15.2. The van der Waals surface area contributed by atoms with E-state index in [4.69, 9.17) is 0 Å². The van der Waals surface area contributed by atoms with Crippen molar-refractivity contribution < 1.29 is 4.79 Å². The van der Waals surface area contributed by atoms with Crippen LogP contribution in [0.3, 0.4) is 0 Å². The van der Waals surface area contributed by atoms with Gasteiger partial charge < -0.3 is 15.1 Å². The number of urea groups is 1. The summed E-state index contributed by atoms with van der Waals surface area (Å²) in [6, 6.07) is 6.20. The largest absolute Gasteiger partial charge is 0.334 e. The van der Waals surface area contributed by atoms with E-state index in [2.05, 4.69) is 25.9 Å². The zero-order valence-corrected chi connectivity index (χ0v) is 13.8. The monoisotopic (exact) mass is 319 g/mol. The van der Waals surface area contributed by atoms with Crippen molar-refractivity contribution >= 4 is 28.8 Å². The Labute approximate surface area is 134 Å². The van der Waals surface area contributed by atoms with Crippen molar-refractivity contribution in [1.82, 2.24) is 23.9 Å². The zero-order chi connectivity index (χ0) is 15.5. The van der Waals surface area contributed by atoms with Gasteiger partial charge in [0.15, 0.2) is 0 Å². The molecule has 7 heteroatoms. The van der Waals surface area contributed by atoms with Crippen LogP contribution in [0.4, 0.5) is 4.79 Å². The quantitative estimate of drug-likeness (QED) is 0.935. The minimum absolute atomic E-state index is 0.0144. The predicted octanol–water partition coefficient (Wildman–Crippen LogP) is 1.93. The van der Waals surface area contributed by atoms with E-state index in [0.717, 1.165) is 42.7 Å². The van der Waals surface area contributed by atoms with E-state index >= 15 is 0 Å². The number of fused-ring (bicyclic) bond motifs is 1. The molecule has 0 saturated carbocycles. The summed E-state index contributed by atoms with van der Waals surface area (Å²) in [6.07, 6.45) is 1.03. The molecule has 2 amide bonds. The number of nitrogens with one attached hydrogen (secondary N) is 1. The average molecular weight is 319 g/mol. The average Bonchev–Trinajstić information content (AvgIpc) is 3.15. The topological polar surface area (TPSA) is 61.4 Å². The Morgan fingerprint density at radius 2 is 2.27 bits per heavy atom. The van der Waals surface area contributed by atoms with Crippen molar-refractivity contribution in [3.63, 3.8) is 0 Å². The number of benzene rings is 1. The summed E-state index contributed by atoms with van der Waals surface area (Å²) in [7, 11) is 1.82. The fourth-order valence-electron chi connectivity index (χ4n) is 2.79. The summed E-state index contributed by atoms with van der Waals surface area (Å²) in [4.78, 5) is 16.4. The van der Waals surface area contributed by atoms with Crippen LogP contribution in [0.5, 0.6) is 0 Å². The molecule has 1 aromatic carbocycles. The number of rotatable bonds is 4. The van der Waals surface area contributed by atoms with Crippen molar-refractivity contribution in [2.75, 3.05) is 26.7 Å². The highest BCUT2D eigenvalue weighted by molar-refractivity contribution is 7.00. The number of likely N-dealkylation sites (tertiary alicyclic amines) is 1. The highest BCUT2D eigenvalue weighted by Gasteiger charge is 2.23. The van der Waals surface area contributed by atoms with Crippen molar-refractivity contribution in [2.45, 2.75) is 25.9 Å². The van der Waals surface area contributed by atoms with Gasteiger partial charge in [-0.1, -0.05) is 13.0 Å². The molecule has 2 aromatic rings. The third-order valence-electron chi connectivity index (χ3n) is 4.13. The molecule has 22 heavy (non-hydrogen) atoms. The Kier molecular flexibility index (Phi) is 4.54. The molecule has 1 aliphatic rings. The molecule has 1 atom stereocenters. The van der Waals surface area contributed by atoms with E-state index in [1.54, 1.807) is 4.90 Å². The lowest BCUT2D eigenvalue weighted by Crippen LogP contribution is -2.43. The second-order valence-corrected chi connectivity index (χ2v) is 6.30. The first-order chi connectivity index (χ1) is 10.7. The van der Waals surface area contributed by atoms with Crippen LogP contribution in [0.1, 0.15) is 18.9 Å². The Bertz CT molecular complexity index is 658. The minimum atomic E-state index is -0.0144. The number of carbonyl (C=O) groups excluding carboxylic acids is 1. The number of amides is 2. The van der Waals surface area contributed by atoms with Crippen LogP contribution >= 0.6 is 11.7 Å². The van der Waals surface area contributed by atoms with Crippen LogP contribution in [-0.2, 0) is 6.54 Å². The second-order valence-electron chi connectivity index (χ2n) is 5.77.